The van der Waals surface area contributed by atoms with Crippen molar-refractivity contribution >= 4 is 56.2 Å². The molecule has 38 heavy (non-hydrogen) atoms. The Labute approximate surface area is 225 Å². The SMILES string of the molecule is CCC(Sc1nnc2c3ccccc3n(CCc3ccccc3)c2n1)C(=O)Nc1cccc2ccccc12. The summed E-state index contributed by atoms with van der Waals surface area (Å²) >= 11 is 1.36. The maximum atomic E-state index is 13.3. The second kappa shape index (κ2) is 10.6. The van der Waals surface area contributed by atoms with Crippen LogP contribution in [0, 0.1) is 0 Å². The highest BCUT2D eigenvalue weighted by Crippen LogP contribution is 2.30. The van der Waals surface area contributed by atoms with Crippen LogP contribution in [0.5, 0.6) is 0 Å². The first-order valence-electron chi connectivity index (χ1n) is 12.8. The maximum Gasteiger partial charge on any atom is 0.237 e. The quantitative estimate of drug-likeness (QED) is 0.223. The number of anilines is 1. The Hall–Kier alpha value is -4.23. The zero-order valence-electron chi connectivity index (χ0n) is 21.0. The molecular weight excluding hydrogens is 490 g/mol. The number of hydrogen-bond donors (Lipinski definition) is 1. The van der Waals surface area contributed by atoms with Crippen molar-refractivity contribution in [2.75, 3.05) is 5.32 Å². The number of thioether (sulfide) groups is 1. The van der Waals surface area contributed by atoms with Crippen molar-refractivity contribution in [1.82, 2.24) is 19.7 Å². The zero-order chi connectivity index (χ0) is 25.9. The number of fused-ring (bicyclic) bond motifs is 4. The molecule has 0 aliphatic carbocycles. The molecule has 4 aromatic carbocycles. The van der Waals surface area contributed by atoms with E-state index in [2.05, 4.69) is 56.5 Å². The Morgan fingerprint density at radius 3 is 2.45 bits per heavy atom. The van der Waals surface area contributed by atoms with E-state index >= 15 is 0 Å². The molecule has 0 saturated heterocycles. The molecule has 1 atom stereocenters. The molecule has 7 heteroatoms. The number of hydrogen-bond acceptors (Lipinski definition) is 5. The van der Waals surface area contributed by atoms with Crippen LogP contribution in [0.1, 0.15) is 18.9 Å². The van der Waals surface area contributed by atoms with Crippen LogP contribution >= 0.6 is 11.8 Å². The first-order valence-corrected chi connectivity index (χ1v) is 13.7. The van der Waals surface area contributed by atoms with E-state index in [1.807, 2.05) is 67.6 Å². The fourth-order valence-corrected chi connectivity index (χ4v) is 5.66. The van der Waals surface area contributed by atoms with Crippen LogP contribution in [0.25, 0.3) is 32.8 Å². The molecule has 2 aromatic heterocycles. The largest absolute Gasteiger partial charge is 0.325 e. The van der Waals surface area contributed by atoms with Gasteiger partial charge in [-0.3, -0.25) is 4.79 Å². The van der Waals surface area contributed by atoms with Crippen LogP contribution in [-0.4, -0.2) is 30.9 Å². The fraction of sp³-hybridized carbons (Fsp3) is 0.161. The van der Waals surface area contributed by atoms with E-state index in [-0.39, 0.29) is 11.2 Å². The third kappa shape index (κ3) is 4.73. The normalized spacial score (nSPS) is 12.2. The van der Waals surface area contributed by atoms with Gasteiger partial charge in [0.05, 0.1) is 10.8 Å². The fourth-order valence-electron chi connectivity index (χ4n) is 4.85. The molecule has 1 unspecified atom stereocenters. The molecule has 6 aromatic rings. The van der Waals surface area contributed by atoms with Crippen molar-refractivity contribution in [2.45, 2.75) is 36.7 Å². The third-order valence-electron chi connectivity index (χ3n) is 6.78. The number of benzene rings is 4. The number of rotatable bonds is 8. The minimum absolute atomic E-state index is 0.0674. The smallest absolute Gasteiger partial charge is 0.237 e. The van der Waals surface area contributed by atoms with E-state index in [9.17, 15) is 4.79 Å². The second-order valence-corrected chi connectivity index (χ2v) is 10.4. The van der Waals surface area contributed by atoms with Gasteiger partial charge in [-0.2, -0.15) is 0 Å². The van der Waals surface area contributed by atoms with Crippen molar-refractivity contribution in [3.05, 3.63) is 103 Å². The van der Waals surface area contributed by atoms with Crippen molar-refractivity contribution in [1.29, 1.82) is 0 Å². The lowest BCUT2D eigenvalue weighted by atomic mass is 10.1. The van der Waals surface area contributed by atoms with Gasteiger partial charge in [0.15, 0.2) is 5.65 Å². The monoisotopic (exact) mass is 517 g/mol. The topological polar surface area (TPSA) is 72.7 Å². The van der Waals surface area contributed by atoms with Gasteiger partial charge in [-0.25, -0.2) is 4.98 Å². The predicted molar refractivity (Wildman–Crippen MR) is 155 cm³/mol. The van der Waals surface area contributed by atoms with E-state index in [0.717, 1.165) is 51.5 Å². The molecule has 0 fully saturated rings. The van der Waals surface area contributed by atoms with Gasteiger partial charge >= 0.3 is 0 Å². The molecule has 0 bridgehead atoms. The lowest BCUT2D eigenvalue weighted by Crippen LogP contribution is -2.25. The Balaban J connectivity index is 1.29. The van der Waals surface area contributed by atoms with Crippen LogP contribution in [0.2, 0.25) is 0 Å². The molecule has 6 nitrogen and oxygen atoms in total. The number of aryl methyl sites for hydroxylation is 2. The number of carbonyl (C=O) groups excluding carboxylic acids is 1. The summed E-state index contributed by atoms with van der Waals surface area (Å²) in [6.45, 7) is 2.78. The Kier molecular flexibility index (Phi) is 6.75. The summed E-state index contributed by atoms with van der Waals surface area (Å²) in [5, 5.41) is 15.4. The maximum absolute atomic E-state index is 13.3. The van der Waals surface area contributed by atoms with Gasteiger partial charge in [-0.15, -0.1) is 10.2 Å². The average Bonchev–Trinajstić information content (AvgIpc) is 3.28. The molecule has 0 saturated carbocycles. The average molecular weight is 518 g/mol. The van der Waals surface area contributed by atoms with Crippen LogP contribution in [-0.2, 0) is 17.8 Å². The van der Waals surface area contributed by atoms with Crippen molar-refractivity contribution < 1.29 is 4.79 Å². The molecule has 1 N–H and O–H groups in total. The predicted octanol–water partition coefficient (Wildman–Crippen LogP) is 6.88. The van der Waals surface area contributed by atoms with Gasteiger partial charge in [-0.05, 0) is 35.9 Å². The van der Waals surface area contributed by atoms with Crippen LogP contribution in [0.3, 0.4) is 0 Å². The van der Waals surface area contributed by atoms with E-state index in [1.54, 1.807) is 0 Å². The summed E-state index contributed by atoms with van der Waals surface area (Å²) in [7, 11) is 0. The summed E-state index contributed by atoms with van der Waals surface area (Å²) in [6.07, 6.45) is 1.52. The number of para-hydroxylation sites is 1. The molecular formula is C31H27N5OS. The highest BCUT2D eigenvalue weighted by atomic mass is 32.2. The highest BCUT2D eigenvalue weighted by Gasteiger charge is 2.22. The molecule has 188 valence electrons. The summed E-state index contributed by atoms with van der Waals surface area (Å²) in [5.41, 5.74) is 4.74. The van der Waals surface area contributed by atoms with Crippen molar-refractivity contribution in [3.63, 3.8) is 0 Å². The first kappa shape index (κ1) is 24.1. The second-order valence-electron chi connectivity index (χ2n) is 9.20. The lowest BCUT2D eigenvalue weighted by Gasteiger charge is -2.15. The lowest BCUT2D eigenvalue weighted by molar-refractivity contribution is -0.115. The van der Waals surface area contributed by atoms with Crippen LogP contribution in [0.15, 0.2) is 102 Å². The minimum Gasteiger partial charge on any atom is -0.325 e. The number of aromatic nitrogens is 4. The van der Waals surface area contributed by atoms with Crippen LogP contribution in [0.4, 0.5) is 5.69 Å². The summed E-state index contributed by atoms with van der Waals surface area (Å²) in [5.74, 6) is -0.0674. The molecule has 0 aliphatic heterocycles. The standard InChI is InChI=1S/C31H27N5OS/c1-2-27(30(37)32-25-17-10-14-22-13-6-7-15-23(22)25)38-31-33-29-28(34-35-31)24-16-8-9-18-26(24)36(29)20-19-21-11-4-3-5-12-21/h3-18,27H,2,19-20H2,1H3,(H,32,37). The first-order chi connectivity index (χ1) is 18.7. The van der Waals surface area contributed by atoms with Crippen molar-refractivity contribution in [2.24, 2.45) is 0 Å². The summed E-state index contributed by atoms with van der Waals surface area (Å²) in [4.78, 5) is 18.2. The van der Waals surface area contributed by atoms with Gasteiger partial charge < -0.3 is 9.88 Å². The van der Waals surface area contributed by atoms with Crippen LogP contribution < -0.4 is 5.32 Å². The summed E-state index contributed by atoms with van der Waals surface area (Å²) < 4.78 is 2.22. The van der Waals surface area contributed by atoms with Gasteiger partial charge in [0.25, 0.3) is 0 Å². The number of carbonyl (C=O) groups is 1. The molecule has 1 amide bonds. The highest BCUT2D eigenvalue weighted by molar-refractivity contribution is 8.00. The van der Waals surface area contributed by atoms with Crippen molar-refractivity contribution in [3.8, 4) is 0 Å². The van der Waals surface area contributed by atoms with E-state index in [4.69, 9.17) is 4.98 Å². The number of amides is 1. The van der Waals surface area contributed by atoms with Gasteiger partial charge in [-0.1, -0.05) is 104 Å². The Bertz CT molecular complexity index is 1740. The van der Waals surface area contributed by atoms with Gasteiger partial charge in [0.2, 0.25) is 11.1 Å². The Morgan fingerprint density at radius 1 is 0.868 bits per heavy atom. The van der Waals surface area contributed by atoms with Gasteiger partial charge in [0, 0.05) is 23.0 Å². The summed E-state index contributed by atoms with van der Waals surface area (Å²) in [6, 6.07) is 32.6. The number of nitrogens with zero attached hydrogens (tertiary/aromatic N) is 4. The van der Waals surface area contributed by atoms with E-state index < -0.39 is 0 Å². The molecule has 0 spiro atoms. The molecule has 0 aliphatic rings. The minimum atomic E-state index is -0.352. The molecule has 6 rings (SSSR count). The third-order valence-corrected chi connectivity index (χ3v) is 8.00. The molecule has 2 heterocycles. The van der Waals surface area contributed by atoms with E-state index in [0.29, 0.717) is 11.6 Å². The Morgan fingerprint density at radius 2 is 1.61 bits per heavy atom. The van der Waals surface area contributed by atoms with E-state index in [1.165, 1.54) is 17.3 Å². The zero-order valence-corrected chi connectivity index (χ0v) is 21.9. The molecule has 0 radical (unpaired) electrons. The van der Waals surface area contributed by atoms with Gasteiger partial charge in [0.1, 0.15) is 5.52 Å². The number of nitrogens with one attached hydrogen (secondary N) is 1.